The third-order valence-corrected chi connectivity index (χ3v) is 12.6. The number of hydrogen-bond donors (Lipinski definition) is 3. The Hall–Kier alpha value is -4.36. The van der Waals surface area contributed by atoms with Crippen molar-refractivity contribution < 1.29 is 57.2 Å². The fourth-order valence-electron chi connectivity index (χ4n) is 9.17. The number of fused-ring (bicyclic) bond motifs is 2. The Kier molecular flexibility index (Phi) is 14.3. The number of aliphatic hydroxyl groups excluding tert-OH is 1. The number of likely N-dealkylation sites (N-methyl/N-ethyl adjacent to an activating group) is 1. The van der Waals surface area contributed by atoms with Crippen molar-refractivity contribution in [2.75, 3.05) is 27.9 Å². The molecule has 60 heavy (non-hydrogen) atoms. The fraction of sp³-hybridized carbons (Fsp3) is 0.690. The van der Waals surface area contributed by atoms with Crippen LogP contribution >= 0.6 is 0 Å². The van der Waals surface area contributed by atoms with Crippen LogP contribution in [0.25, 0.3) is 11.0 Å². The largest absolute Gasteiger partial charge is 0.455 e. The monoisotopic (exact) mass is 844 g/mol. The second kappa shape index (κ2) is 18.3. The number of benzene rings is 1. The zero-order valence-corrected chi connectivity index (χ0v) is 36.4. The van der Waals surface area contributed by atoms with Crippen molar-refractivity contribution >= 4 is 40.7 Å². The van der Waals surface area contributed by atoms with E-state index < -0.39 is 95.8 Å². The molecule has 3 fully saturated rings. The first-order valence-corrected chi connectivity index (χ1v) is 20.5. The average molecular weight is 845 g/mol. The van der Waals surface area contributed by atoms with E-state index in [4.69, 9.17) is 23.7 Å². The van der Waals surface area contributed by atoms with Crippen molar-refractivity contribution in [3.05, 3.63) is 36.2 Å². The van der Waals surface area contributed by atoms with E-state index in [0.29, 0.717) is 17.5 Å². The van der Waals surface area contributed by atoms with Crippen LogP contribution < -0.4 is 10.6 Å². The van der Waals surface area contributed by atoms with E-state index in [-0.39, 0.29) is 37.3 Å². The Labute approximate surface area is 350 Å². The first-order chi connectivity index (χ1) is 28.1. The number of carbonyl (C=O) groups is 5. The van der Waals surface area contributed by atoms with E-state index in [0.717, 1.165) is 12.5 Å². The molecule has 13 atom stereocenters. The fourth-order valence-corrected chi connectivity index (χ4v) is 9.17. The van der Waals surface area contributed by atoms with Crippen molar-refractivity contribution in [3.8, 4) is 0 Å². The van der Waals surface area contributed by atoms with Gasteiger partial charge in [-0.2, -0.15) is 0 Å². The Balaban J connectivity index is 1.47. The summed E-state index contributed by atoms with van der Waals surface area (Å²) in [4.78, 5) is 81.2. The lowest BCUT2D eigenvalue weighted by Crippen LogP contribution is -2.62. The van der Waals surface area contributed by atoms with Gasteiger partial charge in [0.05, 0.1) is 41.6 Å². The van der Waals surface area contributed by atoms with Crippen molar-refractivity contribution in [1.29, 1.82) is 0 Å². The Morgan fingerprint density at radius 1 is 1.03 bits per heavy atom. The molecule has 3 N–H and O–H groups in total. The molecule has 5 rings (SSSR count). The number of carbonyl (C=O) groups excluding carboxylic acids is 5. The topological polar surface area (TPSA) is 208 Å². The molecular weight excluding hydrogens is 783 g/mol. The van der Waals surface area contributed by atoms with Crippen LogP contribution in [0.1, 0.15) is 80.2 Å². The molecular formula is C42H61FN6O11. The number of nitrogens with one attached hydrogen (secondary N) is 2. The molecule has 3 amide bonds. The van der Waals surface area contributed by atoms with Crippen LogP contribution in [0.2, 0.25) is 0 Å². The van der Waals surface area contributed by atoms with Gasteiger partial charge in [0.15, 0.2) is 17.7 Å². The van der Waals surface area contributed by atoms with Crippen LogP contribution in [0, 0.1) is 17.8 Å². The molecule has 3 saturated heterocycles. The molecule has 4 heterocycles. The number of ketones is 2. The van der Waals surface area contributed by atoms with Gasteiger partial charge in [0, 0.05) is 49.8 Å². The highest BCUT2D eigenvalue weighted by Crippen LogP contribution is 2.43. The summed E-state index contributed by atoms with van der Waals surface area (Å²) in [5.41, 5.74) is -4.42. The van der Waals surface area contributed by atoms with Gasteiger partial charge in [0.1, 0.15) is 18.0 Å². The minimum Gasteiger partial charge on any atom is -0.455 e. The maximum atomic E-state index is 16.9. The van der Waals surface area contributed by atoms with Crippen molar-refractivity contribution in [2.45, 2.75) is 141 Å². The van der Waals surface area contributed by atoms with Crippen LogP contribution in [0.15, 0.2) is 30.6 Å². The number of hydrogen-bond acceptors (Lipinski definition) is 14. The van der Waals surface area contributed by atoms with E-state index in [2.05, 4.69) is 20.6 Å². The molecule has 0 saturated carbocycles. The van der Waals surface area contributed by atoms with Gasteiger partial charge in [-0.1, -0.05) is 33.8 Å². The molecule has 3 aliphatic heterocycles. The quantitative estimate of drug-likeness (QED) is 0.243. The number of urea groups is 1. The molecule has 0 spiro atoms. The number of nitrogens with zero attached hydrogens (tertiary/aromatic N) is 4. The molecule has 2 aromatic rings. The lowest BCUT2D eigenvalue weighted by Gasteiger charge is -2.47. The maximum absolute atomic E-state index is 16.9. The van der Waals surface area contributed by atoms with E-state index >= 15 is 4.39 Å². The molecule has 18 heteroatoms. The summed E-state index contributed by atoms with van der Waals surface area (Å²) in [6.45, 7) is 11.7. The van der Waals surface area contributed by atoms with Crippen molar-refractivity contribution in [1.82, 2.24) is 30.4 Å². The van der Waals surface area contributed by atoms with E-state index in [1.54, 1.807) is 72.4 Å². The highest BCUT2D eigenvalue weighted by molar-refractivity contribution is 6.08. The molecule has 332 valence electrons. The Morgan fingerprint density at radius 2 is 1.70 bits per heavy atom. The number of aliphatic hydroxyl groups is 1. The molecule has 3 aliphatic rings. The van der Waals surface area contributed by atoms with Gasteiger partial charge in [0.2, 0.25) is 0 Å². The zero-order valence-electron chi connectivity index (χ0n) is 36.4. The van der Waals surface area contributed by atoms with Gasteiger partial charge in [-0.05, 0) is 78.7 Å². The van der Waals surface area contributed by atoms with Gasteiger partial charge in [-0.3, -0.25) is 24.5 Å². The summed E-state index contributed by atoms with van der Waals surface area (Å²) >= 11 is 0. The first-order valence-electron chi connectivity index (χ1n) is 20.5. The summed E-state index contributed by atoms with van der Waals surface area (Å²) in [6.07, 6.45) is -2.91. The molecule has 1 aromatic heterocycles. The lowest BCUT2D eigenvalue weighted by atomic mass is 9.73. The third-order valence-electron chi connectivity index (χ3n) is 12.6. The van der Waals surface area contributed by atoms with E-state index in [1.807, 2.05) is 11.8 Å². The summed E-state index contributed by atoms with van der Waals surface area (Å²) in [5, 5.41) is 16.8. The summed E-state index contributed by atoms with van der Waals surface area (Å²) in [7, 11) is 4.97. The van der Waals surface area contributed by atoms with E-state index in [1.165, 1.54) is 25.9 Å². The predicted octanol–water partition coefficient (Wildman–Crippen LogP) is 3.68. The minimum absolute atomic E-state index is 0.00415. The van der Waals surface area contributed by atoms with Crippen molar-refractivity contribution in [2.24, 2.45) is 17.8 Å². The van der Waals surface area contributed by atoms with Crippen LogP contribution in [-0.4, -0.2) is 142 Å². The maximum Gasteiger partial charge on any atom is 0.412 e. The van der Waals surface area contributed by atoms with Gasteiger partial charge in [-0.15, -0.1) is 0 Å². The van der Waals surface area contributed by atoms with Crippen LogP contribution in [0.3, 0.4) is 0 Å². The third kappa shape index (κ3) is 9.27. The van der Waals surface area contributed by atoms with Crippen molar-refractivity contribution in [3.63, 3.8) is 0 Å². The number of aromatic nitrogens is 2. The number of esters is 1. The van der Waals surface area contributed by atoms with Crippen LogP contribution in [0.4, 0.5) is 14.0 Å². The zero-order chi connectivity index (χ0) is 44.5. The number of ether oxygens (including phenoxy) is 5. The Bertz CT molecular complexity index is 1920. The number of rotatable bonds is 9. The number of halogens is 1. The SMILES string of the molecule is CC[C@H]1OC(=O)[C@@](C)(F)C(=O)[C@H](C)[C@@H](O[C@@H]2O[C@H](C)C[C@H](N(C)C)[C@H]2O)[C@](C)(OC)C[C@@H](C)C(=O)[C@H](C)[C@H]2N(CNC(=O)NCc3ccc4nccnc4c3)C(=O)O[C@]12C. The molecule has 1 aromatic carbocycles. The highest BCUT2D eigenvalue weighted by atomic mass is 19.1. The number of Topliss-reactive ketones (excluding diaryl/α,β-unsaturated/α-hetero) is 2. The number of methoxy groups -OCH3 is 1. The summed E-state index contributed by atoms with van der Waals surface area (Å²) < 4.78 is 47.2. The average Bonchev–Trinajstić information content (AvgIpc) is 3.47. The predicted molar refractivity (Wildman–Crippen MR) is 215 cm³/mol. The molecule has 0 bridgehead atoms. The van der Waals surface area contributed by atoms with Crippen LogP contribution in [0.5, 0.6) is 0 Å². The van der Waals surface area contributed by atoms with Crippen LogP contribution in [-0.2, 0) is 44.6 Å². The normalized spacial score (nSPS) is 37.0. The lowest BCUT2D eigenvalue weighted by molar-refractivity contribution is -0.295. The Morgan fingerprint density at radius 3 is 2.33 bits per heavy atom. The summed E-state index contributed by atoms with van der Waals surface area (Å²) in [6, 6.07) is 3.18. The van der Waals surface area contributed by atoms with Gasteiger partial charge in [0.25, 0.3) is 5.67 Å². The first kappa shape index (κ1) is 46.7. The van der Waals surface area contributed by atoms with Gasteiger partial charge in [-0.25, -0.2) is 18.8 Å². The second-order valence-electron chi connectivity index (χ2n) is 17.3. The number of cyclic esters (lactones) is 1. The minimum atomic E-state index is -3.24. The molecule has 17 nitrogen and oxygen atoms in total. The standard InChI is InChI=1S/C42H61FN6O11/c1-12-30-42(8)33(49(39(55)60-42)21-47-38(54)46-20-26-13-14-27-28(18-26)45-16-15-44-27)24(4)31(50)22(2)19-40(6,56-11)35(25(5)34(52)41(7,43)37(53)58-30)59-36-32(51)29(48(9)10)17-23(3)57-36/h13-16,18,22-25,29-30,32-33,35-36,51H,12,17,19-21H2,1-11H3,(H2,46,47,54)/t22-,23-,24+,25+,29+,30-,32-,33-,35-,36+,40-,41+,42-/m1/s1. The number of amides is 3. The van der Waals surface area contributed by atoms with Gasteiger partial charge >= 0.3 is 18.1 Å². The second-order valence-corrected chi connectivity index (χ2v) is 17.3. The number of alkyl halides is 1. The smallest absolute Gasteiger partial charge is 0.412 e. The van der Waals surface area contributed by atoms with Gasteiger partial charge < -0.3 is 44.3 Å². The summed E-state index contributed by atoms with van der Waals surface area (Å²) in [5.74, 6) is -6.32. The molecule has 0 radical (unpaired) electrons. The molecule has 0 aliphatic carbocycles. The highest BCUT2D eigenvalue weighted by Gasteiger charge is 2.62. The molecule has 0 unspecified atom stereocenters. The van der Waals surface area contributed by atoms with E-state index in [9.17, 15) is 29.1 Å².